The number of nitrogens with zero attached hydrogens (tertiary/aromatic N) is 1. The molecule has 21 heavy (non-hydrogen) atoms. The summed E-state index contributed by atoms with van der Waals surface area (Å²) in [5.41, 5.74) is 1.39. The minimum Gasteiger partial charge on any atom is -0.311 e. The van der Waals surface area contributed by atoms with E-state index < -0.39 is 0 Å². The summed E-state index contributed by atoms with van der Waals surface area (Å²) in [5.74, 6) is 0. The molecule has 1 aromatic heterocycles. The largest absolute Gasteiger partial charge is 0.311 e. The van der Waals surface area contributed by atoms with Gasteiger partial charge in [-0.1, -0.05) is 48.9 Å². The van der Waals surface area contributed by atoms with Gasteiger partial charge in [-0.15, -0.1) is 11.3 Å². The topological polar surface area (TPSA) is 15.3 Å². The second-order valence-electron chi connectivity index (χ2n) is 5.58. The summed E-state index contributed by atoms with van der Waals surface area (Å²) in [6.07, 6.45) is 1.17. The lowest BCUT2D eigenvalue weighted by Crippen LogP contribution is -2.51. The van der Waals surface area contributed by atoms with Crippen molar-refractivity contribution in [3.8, 4) is 0 Å². The van der Waals surface area contributed by atoms with Crippen LogP contribution in [0, 0.1) is 0 Å². The number of halogens is 1. The van der Waals surface area contributed by atoms with Crippen LogP contribution < -0.4 is 5.32 Å². The average molecular weight is 321 g/mol. The van der Waals surface area contributed by atoms with Gasteiger partial charge in [-0.05, 0) is 24.1 Å². The molecule has 1 aliphatic rings. The number of piperazine rings is 1. The molecule has 0 radical (unpaired) electrons. The molecule has 0 bridgehead atoms. The van der Waals surface area contributed by atoms with Crippen LogP contribution in [0.3, 0.4) is 0 Å². The lowest BCUT2D eigenvalue weighted by Gasteiger charge is -2.40. The molecule has 3 rings (SSSR count). The van der Waals surface area contributed by atoms with Gasteiger partial charge in [0.05, 0.1) is 4.34 Å². The SMILES string of the molecule is CCC1CN(Cc2ccc(Cl)s2)C(c2ccccc2)CN1. The molecule has 1 aromatic carbocycles. The molecule has 0 saturated carbocycles. The first-order chi connectivity index (χ1) is 10.3. The lowest BCUT2D eigenvalue weighted by molar-refractivity contribution is 0.122. The summed E-state index contributed by atoms with van der Waals surface area (Å²) < 4.78 is 0.878. The van der Waals surface area contributed by atoms with E-state index >= 15 is 0 Å². The first kappa shape index (κ1) is 15.0. The van der Waals surface area contributed by atoms with Gasteiger partial charge >= 0.3 is 0 Å². The molecule has 2 heterocycles. The van der Waals surface area contributed by atoms with E-state index in [1.54, 1.807) is 11.3 Å². The Labute approximate surface area is 135 Å². The lowest BCUT2D eigenvalue weighted by atomic mass is 10.00. The minimum absolute atomic E-state index is 0.440. The molecule has 2 atom stereocenters. The number of thiophene rings is 1. The Balaban J connectivity index is 1.80. The fourth-order valence-electron chi connectivity index (χ4n) is 2.97. The van der Waals surface area contributed by atoms with E-state index in [1.807, 2.05) is 6.07 Å². The molecular formula is C17H21ClN2S. The van der Waals surface area contributed by atoms with Crippen molar-refractivity contribution in [3.05, 3.63) is 57.2 Å². The normalized spacial score (nSPS) is 23.3. The molecular weight excluding hydrogens is 300 g/mol. The van der Waals surface area contributed by atoms with Crippen molar-refractivity contribution in [2.24, 2.45) is 0 Å². The summed E-state index contributed by atoms with van der Waals surface area (Å²) in [6, 6.07) is 16.0. The van der Waals surface area contributed by atoms with Crippen molar-refractivity contribution in [3.63, 3.8) is 0 Å². The summed E-state index contributed by atoms with van der Waals surface area (Å²) in [6.45, 7) is 5.34. The van der Waals surface area contributed by atoms with Gasteiger partial charge < -0.3 is 5.32 Å². The van der Waals surface area contributed by atoms with Crippen LogP contribution in [0.4, 0.5) is 0 Å². The maximum absolute atomic E-state index is 6.08. The molecule has 0 amide bonds. The van der Waals surface area contributed by atoms with Crippen LogP contribution in [0.5, 0.6) is 0 Å². The van der Waals surface area contributed by atoms with Crippen molar-refractivity contribution in [2.75, 3.05) is 13.1 Å². The molecule has 4 heteroatoms. The smallest absolute Gasteiger partial charge is 0.0931 e. The van der Waals surface area contributed by atoms with E-state index in [9.17, 15) is 0 Å². The minimum atomic E-state index is 0.440. The Morgan fingerprint density at radius 3 is 2.71 bits per heavy atom. The standard InChI is InChI=1S/C17H21ClN2S/c1-2-14-11-20(12-15-8-9-17(18)21-15)16(10-19-14)13-6-4-3-5-7-13/h3-9,14,16,19H,2,10-12H2,1H3. The van der Waals surface area contributed by atoms with Gasteiger partial charge in [0.2, 0.25) is 0 Å². The van der Waals surface area contributed by atoms with Crippen LogP contribution in [0.15, 0.2) is 42.5 Å². The third-order valence-electron chi connectivity index (χ3n) is 4.16. The second-order valence-corrected chi connectivity index (χ2v) is 7.37. The molecule has 1 aliphatic heterocycles. The fourth-order valence-corrected chi connectivity index (χ4v) is 4.08. The average Bonchev–Trinajstić information content (AvgIpc) is 2.93. The number of rotatable bonds is 4. The van der Waals surface area contributed by atoms with Crippen LogP contribution >= 0.6 is 22.9 Å². The fraction of sp³-hybridized carbons (Fsp3) is 0.412. The molecule has 0 aliphatic carbocycles. The highest BCUT2D eigenvalue weighted by molar-refractivity contribution is 7.16. The van der Waals surface area contributed by atoms with E-state index in [0.29, 0.717) is 12.1 Å². The molecule has 0 spiro atoms. The number of benzene rings is 1. The van der Waals surface area contributed by atoms with Gasteiger partial charge in [0.1, 0.15) is 0 Å². The summed E-state index contributed by atoms with van der Waals surface area (Å²) in [7, 11) is 0. The Morgan fingerprint density at radius 2 is 2.05 bits per heavy atom. The Kier molecular flexibility index (Phi) is 4.96. The van der Waals surface area contributed by atoms with Gasteiger partial charge in [0.25, 0.3) is 0 Å². The van der Waals surface area contributed by atoms with E-state index in [0.717, 1.165) is 24.0 Å². The van der Waals surface area contributed by atoms with Gasteiger partial charge in [0.15, 0.2) is 0 Å². The predicted octanol–water partition coefficient (Wildman–Crippen LogP) is 4.33. The highest BCUT2D eigenvalue weighted by Gasteiger charge is 2.28. The quantitative estimate of drug-likeness (QED) is 0.902. The highest BCUT2D eigenvalue weighted by Crippen LogP contribution is 2.29. The van der Waals surface area contributed by atoms with Crippen LogP contribution in [-0.2, 0) is 6.54 Å². The highest BCUT2D eigenvalue weighted by atomic mass is 35.5. The molecule has 1 N–H and O–H groups in total. The summed E-state index contributed by atoms with van der Waals surface area (Å²) in [4.78, 5) is 3.93. The number of nitrogens with one attached hydrogen (secondary N) is 1. The first-order valence-electron chi connectivity index (χ1n) is 7.53. The third kappa shape index (κ3) is 3.67. The van der Waals surface area contributed by atoms with Crippen LogP contribution in [-0.4, -0.2) is 24.0 Å². The van der Waals surface area contributed by atoms with Crippen molar-refractivity contribution in [1.82, 2.24) is 10.2 Å². The van der Waals surface area contributed by atoms with Gasteiger partial charge in [-0.2, -0.15) is 0 Å². The maximum atomic E-state index is 6.08. The zero-order chi connectivity index (χ0) is 14.7. The summed E-state index contributed by atoms with van der Waals surface area (Å²) in [5, 5.41) is 3.67. The van der Waals surface area contributed by atoms with Crippen LogP contribution in [0.1, 0.15) is 29.8 Å². The Morgan fingerprint density at radius 1 is 1.24 bits per heavy atom. The van der Waals surface area contributed by atoms with Crippen molar-refractivity contribution < 1.29 is 0 Å². The van der Waals surface area contributed by atoms with Crippen LogP contribution in [0.25, 0.3) is 0 Å². The third-order valence-corrected chi connectivity index (χ3v) is 5.38. The second kappa shape index (κ2) is 6.93. The monoisotopic (exact) mass is 320 g/mol. The van der Waals surface area contributed by atoms with Crippen LogP contribution in [0.2, 0.25) is 4.34 Å². The van der Waals surface area contributed by atoms with E-state index in [-0.39, 0.29) is 0 Å². The van der Waals surface area contributed by atoms with Gasteiger partial charge in [0, 0.05) is 36.6 Å². The molecule has 1 fully saturated rings. The zero-order valence-corrected chi connectivity index (χ0v) is 13.8. The number of hydrogen-bond acceptors (Lipinski definition) is 3. The molecule has 2 nitrogen and oxygen atoms in total. The van der Waals surface area contributed by atoms with E-state index in [2.05, 4.69) is 53.5 Å². The Bertz CT molecular complexity index is 569. The van der Waals surface area contributed by atoms with E-state index in [1.165, 1.54) is 16.9 Å². The molecule has 2 aromatic rings. The number of hydrogen-bond donors (Lipinski definition) is 1. The zero-order valence-electron chi connectivity index (χ0n) is 12.3. The molecule has 2 unspecified atom stereocenters. The molecule has 1 saturated heterocycles. The maximum Gasteiger partial charge on any atom is 0.0931 e. The van der Waals surface area contributed by atoms with Gasteiger partial charge in [-0.3, -0.25) is 4.90 Å². The Hall–Kier alpha value is -0.870. The molecule has 112 valence electrons. The van der Waals surface area contributed by atoms with E-state index in [4.69, 9.17) is 11.6 Å². The first-order valence-corrected chi connectivity index (χ1v) is 8.72. The van der Waals surface area contributed by atoms with Crippen molar-refractivity contribution in [1.29, 1.82) is 0 Å². The van der Waals surface area contributed by atoms with Gasteiger partial charge in [-0.25, -0.2) is 0 Å². The van der Waals surface area contributed by atoms with Crippen molar-refractivity contribution in [2.45, 2.75) is 32.0 Å². The summed E-state index contributed by atoms with van der Waals surface area (Å²) >= 11 is 7.77. The van der Waals surface area contributed by atoms with Crippen molar-refractivity contribution >= 4 is 22.9 Å². The predicted molar refractivity (Wildman–Crippen MR) is 91.0 cm³/mol.